The predicted molar refractivity (Wildman–Crippen MR) is 94.0 cm³/mol. The van der Waals surface area contributed by atoms with Gasteiger partial charge in [0, 0.05) is 11.2 Å². The quantitative estimate of drug-likeness (QED) is 0.575. The first kappa shape index (κ1) is 18.5. The third-order valence-electron chi connectivity index (χ3n) is 3.10. The fourth-order valence-electron chi connectivity index (χ4n) is 1.92. The van der Waals surface area contributed by atoms with Crippen LogP contribution in [0.4, 0.5) is 0 Å². The molecule has 1 atom stereocenters. The number of carbonyl (C=O) groups excluding carboxylic acids is 1. The molecule has 0 aliphatic rings. The molecule has 24 heavy (non-hydrogen) atoms. The van der Waals surface area contributed by atoms with Crippen LogP contribution in [0.25, 0.3) is 0 Å². The molecule has 0 bridgehead atoms. The highest BCUT2D eigenvalue weighted by molar-refractivity contribution is 7.84. The fraction of sp³-hybridized carbons (Fsp3) is 0.235. The molecular weight excluding hydrogens is 349 g/mol. The second-order valence-electron chi connectivity index (χ2n) is 5.68. The number of ether oxygens (including phenoxy) is 1. The van der Waals surface area contributed by atoms with Crippen LogP contribution in [-0.4, -0.2) is 11.5 Å². The van der Waals surface area contributed by atoms with Crippen LogP contribution in [0.1, 0.15) is 19.4 Å². The van der Waals surface area contributed by atoms with Gasteiger partial charge in [-0.05, 0) is 31.5 Å². The van der Waals surface area contributed by atoms with E-state index < -0.39 is 18.4 Å². The van der Waals surface area contributed by atoms with E-state index in [0.717, 1.165) is 5.56 Å². The van der Waals surface area contributed by atoms with E-state index in [-0.39, 0.29) is 6.61 Å². The van der Waals surface area contributed by atoms with Crippen molar-refractivity contribution >= 4 is 24.1 Å². The van der Waals surface area contributed by atoms with Gasteiger partial charge in [-0.15, -0.1) is 0 Å². The van der Waals surface area contributed by atoms with E-state index in [1.54, 1.807) is 30.3 Å². The second kappa shape index (κ2) is 7.84. The Hall–Kier alpha value is -1.81. The molecule has 2 aromatic carbocycles. The monoisotopic (exact) mass is 367 g/mol. The van der Waals surface area contributed by atoms with Gasteiger partial charge in [-0.1, -0.05) is 48.5 Å². The number of halogens is 1. The summed E-state index contributed by atoms with van der Waals surface area (Å²) >= 11 is 5.93. The zero-order valence-corrected chi connectivity index (χ0v) is 15.1. The van der Waals surface area contributed by atoms with Crippen molar-refractivity contribution < 1.29 is 18.6 Å². The number of esters is 1. The van der Waals surface area contributed by atoms with Crippen LogP contribution < -0.4 is 9.61 Å². The van der Waals surface area contributed by atoms with E-state index in [2.05, 4.69) is 5.09 Å². The second-order valence-corrected chi connectivity index (χ2v) is 8.38. The van der Waals surface area contributed by atoms with Crippen LogP contribution in [-0.2, 0) is 20.7 Å². The summed E-state index contributed by atoms with van der Waals surface area (Å²) in [4.78, 5) is 12.2. The van der Waals surface area contributed by atoms with Crippen molar-refractivity contribution in [2.75, 3.05) is 0 Å². The average molecular weight is 368 g/mol. The topological polar surface area (TPSA) is 64.6 Å². The lowest BCUT2D eigenvalue weighted by atomic mass is 10.1. The number of para-hydroxylation sites is 1. The van der Waals surface area contributed by atoms with E-state index in [1.165, 1.54) is 13.8 Å². The van der Waals surface area contributed by atoms with Gasteiger partial charge in [-0.25, -0.2) is 9.65 Å². The van der Waals surface area contributed by atoms with Crippen LogP contribution in [0.2, 0.25) is 0 Å². The van der Waals surface area contributed by atoms with E-state index in [4.69, 9.17) is 20.5 Å². The molecule has 5 nitrogen and oxygen atoms in total. The number of carbonyl (C=O) groups is 1. The molecular formula is C17H19ClNO4P. The van der Waals surface area contributed by atoms with Crippen molar-refractivity contribution in [3.63, 3.8) is 0 Å². The molecule has 0 aliphatic heterocycles. The maximum Gasteiger partial charge on any atom is 0.410 e. The predicted octanol–water partition coefficient (Wildman–Crippen LogP) is 4.52. The van der Waals surface area contributed by atoms with Gasteiger partial charge in [-0.3, -0.25) is 4.79 Å². The Morgan fingerprint density at radius 3 is 2.21 bits per heavy atom. The van der Waals surface area contributed by atoms with Crippen molar-refractivity contribution in [2.24, 2.45) is 0 Å². The number of rotatable bonds is 7. The summed E-state index contributed by atoms with van der Waals surface area (Å²) in [6, 6.07) is 17.8. The number of benzene rings is 2. The lowest BCUT2D eigenvalue weighted by Gasteiger charge is -2.26. The van der Waals surface area contributed by atoms with Gasteiger partial charge in [-0.2, -0.15) is 0 Å². The zero-order chi connectivity index (χ0) is 17.6. The summed E-state index contributed by atoms with van der Waals surface area (Å²) in [7, 11) is 0. The van der Waals surface area contributed by atoms with Crippen LogP contribution in [0.5, 0.6) is 5.75 Å². The summed E-state index contributed by atoms with van der Waals surface area (Å²) in [6.07, 6.45) is 0. The molecule has 0 aromatic heterocycles. The van der Waals surface area contributed by atoms with Crippen LogP contribution in [0.15, 0.2) is 60.7 Å². The van der Waals surface area contributed by atoms with Gasteiger partial charge in [0.05, 0.1) is 0 Å². The Morgan fingerprint density at radius 1 is 1.08 bits per heavy atom. The van der Waals surface area contributed by atoms with Gasteiger partial charge in [0.25, 0.3) is 0 Å². The van der Waals surface area contributed by atoms with Crippen molar-refractivity contribution in [3.05, 3.63) is 66.2 Å². The van der Waals surface area contributed by atoms with E-state index in [1.807, 2.05) is 30.3 Å². The highest BCUT2D eigenvalue weighted by Crippen LogP contribution is 2.49. The van der Waals surface area contributed by atoms with Crippen molar-refractivity contribution in [3.8, 4) is 5.75 Å². The SMILES string of the molecule is CC(C)(NP(=O)(Cl)Oc1ccccc1)C(=O)OCc1ccccc1. The maximum absolute atomic E-state index is 12.4. The Bertz CT molecular complexity index is 722. The molecule has 2 aromatic rings. The summed E-state index contributed by atoms with van der Waals surface area (Å²) in [6.45, 7) is -0.579. The normalized spacial score (nSPS) is 13.8. The van der Waals surface area contributed by atoms with Crippen molar-refractivity contribution in [2.45, 2.75) is 26.0 Å². The Balaban J connectivity index is 1.95. The number of nitrogens with one attached hydrogen (secondary N) is 1. The summed E-state index contributed by atoms with van der Waals surface area (Å²) in [5.74, 6) is -0.235. The molecule has 7 heteroatoms. The standard InChI is InChI=1S/C17H19ClNO4P/c1-17(2,16(20)22-13-14-9-5-3-6-10-14)19-24(18,21)23-15-11-7-4-8-12-15/h3-12H,13H2,1-2H3,(H,19,21). The molecule has 0 radical (unpaired) electrons. The van der Waals surface area contributed by atoms with E-state index in [0.29, 0.717) is 5.75 Å². The third-order valence-corrected chi connectivity index (χ3v) is 4.83. The lowest BCUT2D eigenvalue weighted by Crippen LogP contribution is -2.45. The Kier molecular flexibility index (Phi) is 6.05. The zero-order valence-electron chi connectivity index (χ0n) is 13.4. The molecule has 0 fully saturated rings. The summed E-state index contributed by atoms with van der Waals surface area (Å²) in [5, 5.41) is 2.54. The summed E-state index contributed by atoms with van der Waals surface area (Å²) in [5.41, 5.74) is -0.419. The highest BCUT2D eigenvalue weighted by Gasteiger charge is 2.37. The van der Waals surface area contributed by atoms with Crippen molar-refractivity contribution in [1.29, 1.82) is 0 Å². The maximum atomic E-state index is 12.4. The first-order valence-electron chi connectivity index (χ1n) is 7.33. The lowest BCUT2D eigenvalue weighted by molar-refractivity contribution is -0.150. The van der Waals surface area contributed by atoms with Crippen LogP contribution in [0.3, 0.4) is 0 Å². The Labute approximate surface area is 146 Å². The molecule has 1 unspecified atom stereocenters. The first-order chi connectivity index (χ1) is 11.3. The molecule has 128 valence electrons. The molecule has 0 spiro atoms. The van der Waals surface area contributed by atoms with E-state index >= 15 is 0 Å². The molecule has 1 N–H and O–H groups in total. The molecule has 0 saturated heterocycles. The highest BCUT2D eigenvalue weighted by atomic mass is 35.7. The van der Waals surface area contributed by atoms with Gasteiger partial charge < -0.3 is 9.26 Å². The van der Waals surface area contributed by atoms with E-state index in [9.17, 15) is 9.36 Å². The molecule has 2 rings (SSSR count). The van der Waals surface area contributed by atoms with Gasteiger partial charge in [0.15, 0.2) is 0 Å². The number of hydrogen-bond donors (Lipinski definition) is 1. The van der Waals surface area contributed by atoms with Crippen molar-refractivity contribution in [1.82, 2.24) is 5.09 Å². The third kappa shape index (κ3) is 5.68. The minimum absolute atomic E-state index is 0.122. The average Bonchev–Trinajstić information content (AvgIpc) is 2.53. The fourth-order valence-corrected chi connectivity index (χ4v) is 3.99. The number of hydrogen-bond acceptors (Lipinski definition) is 4. The molecule has 0 heterocycles. The Morgan fingerprint density at radius 2 is 1.62 bits per heavy atom. The smallest absolute Gasteiger partial charge is 0.410 e. The molecule has 0 saturated carbocycles. The first-order valence-corrected chi connectivity index (χ1v) is 9.86. The van der Waals surface area contributed by atoms with Gasteiger partial charge >= 0.3 is 12.8 Å². The van der Waals surface area contributed by atoms with Gasteiger partial charge in [0.2, 0.25) is 0 Å². The molecule has 0 aliphatic carbocycles. The van der Waals surface area contributed by atoms with Gasteiger partial charge in [0.1, 0.15) is 17.9 Å². The van der Waals surface area contributed by atoms with Crippen LogP contribution >= 0.6 is 18.1 Å². The van der Waals surface area contributed by atoms with Crippen LogP contribution in [0, 0.1) is 0 Å². The minimum atomic E-state index is -3.76. The minimum Gasteiger partial charge on any atom is -0.459 e. The largest absolute Gasteiger partial charge is 0.459 e. The molecule has 0 amide bonds. The summed E-state index contributed by atoms with van der Waals surface area (Å²) < 4.78 is 22.9.